The van der Waals surface area contributed by atoms with Crippen molar-refractivity contribution in [2.24, 2.45) is 0 Å². The topological polar surface area (TPSA) is 44.8 Å². The lowest BCUT2D eigenvalue weighted by atomic mass is 10.1. The van der Waals surface area contributed by atoms with E-state index in [2.05, 4.69) is 6.92 Å². The first-order valence-corrected chi connectivity index (χ1v) is 7.68. The average Bonchev–Trinajstić information content (AvgIpc) is 2.55. The molecule has 0 unspecified atom stereocenters. The summed E-state index contributed by atoms with van der Waals surface area (Å²) in [6, 6.07) is 11.1. The van der Waals surface area contributed by atoms with Gasteiger partial charge in [0.15, 0.2) is 11.5 Å². The minimum Gasteiger partial charge on any atom is -0.493 e. The number of methoxy groups -OCH3 is 1. The number of aryl methyl sites for hydroxylation is 1. The quantitative estimate of drug-likeness (QED) is 0.698. The second-order valence-electron chi connectivity index (χ2n) is 5.44. The largest absolute Gasteiger partial charge is 0.493 e. The minimum atomic E-state index is -0.0460. The smallest absolute Gasteiger partial charge is 0.204 e. The van der Waals surface area contributed by atoms with E-state index in [0.717, 1.165) is 12.7 Å². The number of hydrogen-bond donors (Lipinski definition) is 0. The molecule has 0 radical (unpaired) electrons. The van der Waals surface area contributed by atoms with Crippen LogP contribution in [0.15, 0.2) is 36.4 Å². The van der Waals surface area contributed by atoms with Crippen molar-refractivity contribution in [3.63, 3.8) is 0 Å². The van der Waals surface area contributed by atoms with E-state index in [0.29, 0.717) is 28.6 Å². The highest BCUT2D eigenvalue weighted by Crippen LogP contribution is 2.41. The van der Waals surface area contributed by atoms with Crippen LogP contribution in [0.5, 0.6) is 23.0 Å². The Morgan fingerprint density at radius 3 is 2.48 bits per heavy atom. The molecule has 0 amide bonds. The molecule has 4 nitrogen and oxygen atoms in total. The van der Waals surface area contributed by atoms with Crippen LogP contribution >= 0.6 is 0 Å². The number of rotatable bonds is 7. The molecule has 0 fully saturated rings. The van der Waals surface area contributed by atoms with Crippen LogP contribution < -0.4 is 14.2 Å². The van der Waals surface area contributed by atoms with E-state index in [1.807, 2.05) is 38.1 Å². The summed E-state index contributed by atoms with van der Waals surface area (Å²) < 4.78 is 17.2. The Bertz CT molecular complexity index is 677. The van der Waals surface area contributed by atoms with Crippen molar-refractivity contribution in [1.82, 2.24) is 0 Å². The van der Waals surface area contributed by atoms with Gasteiger partial charge in [0.05, 0.1) is 13.2 Å². The molecular formula is C19H22O4. The Morgan fingerprint density at radius 2 is 1.87 bits per heavy atom. The van der Waals surface area contributed by atoms with Crippen molar-refractivity contribution >= 4 is 6.29 Å². The number of benzene rings is 2. The van der Waals surface area contributed by atoms with Crippen molar-refractivity contribution < 1.29 is 19.0 Å². The highest BCUT2D eigenvalue weighted by Gasteiger charge is 2.17. The number of carbonyl (C=O) groups excluding carboxylic acids is 1. The highest BCUT2D eigenvalue weighted by molar-refractivity contribution is 5.78. The summed E-state index contributed by atoms with van der Waals surface area (Å²) in [5, 5.41) is 0. The van der Waals surface area contributed by atoms with Crippen LogP contribution in [0.2, 0.25) is 0 Å². The monoisotopic (exact) mass is 314 g/mol. The number of hydrogen-bond acceptors (Lipinski definition) is 4. The van der Waals surface area contributed by atoms with Crippen LogP contribution in [0.3, 0.4) is 0 Å². The molecule has 0 heterocycles. The molecule has 4 heteroatoms. The van der Waals surface area contributed by atoms with Crippen LogP contribution in [-0.4, -0.2) is 19.5 Å². The zero-order valence-corrected chi connectivity index (χ0v) is 14.0. The van der Waals surface area contributed by atoms with Gasteiger partial charge in [0.1, 0.15) is 12.0 Å². The van der Waals surface area contributed by atoms with Gasteiger partial charge < -0.3 is 14.2 Å². The summed E-state index contributed by atoms with van der Waals surface area (Å²) in [5.41, 5.74) is 1.65. The van der Waals surface area contributed by atoms with Crippen molar-refractivity contribution in [3.8, 4) is 23.0 Å². The van der Waals surface area contributed by atoms with Gasteiger partial charge in [-0.1, -0.05) is 19.1 Å². The average molecular weight is 314 g/mol. The third-order valence-electron chi connectivity index (χ3n) is 3.29. The first-order chi connectivity index (χ1) is 11.1. The molecule has 0 aliphatic rings. The lowest BCUT2D eigenvalue weighted by Crippen LogP contribution is -2.08. The zero-order chi connectivity index (χ0) is 16.8. The van der Waals surface area contributed by atoms with Gasteiger partial charge in [-0.2, -0.15) is 0 Å². The predicted octanol–water partition coefficient (Wildman–Crippen LogP) is 4.65. The molecule has 0 aliphatic carbocycles. The number of ether oxygens (including phenoxy) is 3. The Kier molecular flexibility index (Phi) is 5.63. The first-order valence-electron chi connectivity index (χ1n) is 7.68. The molecule has 23 heavy (non-hydrogen) atoms. The zero-order valence-electron chi connectivity index (χ0n) is 14.0. The molecular weight excluding hydrogens is 292 g/mol. The summed E-state index contributed by atoms with van der Waals surface area (Å²) in [5.74, 6) is 2.14. The molecule has 0 bridgehead atoms. The van der Waals surface area contributed by atoms with E-state index >= 15 is 0 Å². The summed E-state index contributed by atoms with van der Waals surface area (Å²) in [6.45, 7) is 5.94. The fraction of sp³-hybridized carbons (Fsp3) is 0.316. The molecule has 0 spiro atoms. The van der Waals surface area contributed by atoms with Gasteiger partial charge in [0, 0.05) is 5.56 Å². The van der Waals surface area contributed by atoms with Gasteiger partial charge in [0.2, 0.25) is 5.75 Å². The van der Waals surface area contributed by atoms with Crippen LogP contribution in [0.4, 0.5) is 0 Å². The Morgan fingerprint density at radius 1 is 1.13 bits per heavy atom. The molecule has 0 aliphatic heterocycles. The van der Waals surface area contributed by atoms with Crippen LogP contribution in [0, 0.1) is 0 Å². The van der Waals surface area contributed by atoms with E-state index in [1.54, 1.807) is 19.2 Å². The van der Waals surface area contributed by atoms with Crippen molar-refractivity contribution in [2.45, 2.75) is 33.3 Å². The Hall–Kier alpha value is -2.49. The molecule has 0 atom stereocenters. The highest BCUT2D eigenvalue weighted by atomic mass is 16.5. The third-order valence-corrected chi connectivity index (χ3v) is 3.29. The Balaban J connectivity index is 2.46. The lowest BCUT2D eigenvalue weighted by molar-refractivity contribution is 0.112. The SMILES string of the molecule is CCc1cccc(Oc2cc(C=O)cc(OC)c2OC(C)C)c1. The molecule has 0 saturated carbocycles. The fourth-order valence-electron chi connectivity index (χ4n) is 2.20. The van der Waals surface area contributed by atoms with E-state index in [1.165, 1.54) is 5.56 Å². The number of aldehydes is 1. The second-order valence-corrected chi connectivity index (χ2v) is 5.44. The summed E-state index contributed by atoms with van der Waals surface area (Å²) in [7, 11) is 1.54. The van der Waals surface area contributed by atoms with E-state index in [-0.39, 0.29) is 6.10 Å². The summed E-state index contributed by atoms with van der Waals surface area (Å²) in [6.07, 6.45) is 1.64. The molecule has 0 saturated heterocycles. The maximum absolute atomic E-state index is 11.2. The molecule has 0 N–H and O–H groups in total. The molecule has 2 aromatic rings. The molecule has 122 valence electrons. The first kappa shape index (κ1) is 16.9. The van der Waals surface area contributed by atoms with Crippen LogP contribution in [0.1, 0.15) is 36.7 Å². The summed E-state index contributed by atoms with van der Waals surface area (Å²) >= 11 is 0. The van der Waals surface area contributed by atoms with E-state index in [9.17, 15) is 4.79 Å². The van der Waals surface area contributed by atoms with Gasteiger partial charge >= 0.3 is 0 Å². The lowest BCUT2D eigenvalue weighted by Gasteiger charge is -2.18. The number of carbonyl (C=O) groups is 1. The van der Waals surface area contributed by atoms with Crippen molar-refractivity contribution in [1.29, 1.82) is 0 Å². The van der Waals surface area contributed by atoms with E-state index in [4.69, 9.17) is 14.2 Å². The molecule has 2 aromatic carbocycles. The van der Waals surface area contributed by atoms with E-state index < -0.39 is 0 Å². The fourth-order valence-corrected chi connectivity index (χ4v) is 2.20. The minimum absolute atomic E-state index is 0.0460. The molecule has 2 rings (SSSR count). The summed E-state index contributed by atoms with van der Waals surface area (Å²) in [4.78, 5) is 11.2. The van der Waals surface area contributed by atoms with Crippen LogP contribution in [-0.2, 0) is 6.42 Å². The molecule has 0 aromatic heterocycles. The predicted molar refractivity (Wildman–Crippen MR) is 90.0 cm³/mol. The maximum atomic E-state index is 11.2. The van der Waals surface area contributed by atoms with Gasteiger partial charge in [-0.15, -0.1) is 0 Å². The van der Waals surface area contributed by atoms with Gasteiger partial charge in [-0.05, 0) is 50.1 Å². The maximum Gasteiger partial charge on any atom is 0.204 e. The van der Waals surface area contributed by atoms with Crippen molar-refractivity contribution in [2.75, 3.05) is 7.11 Å². The second kappa shape index (κ2) is 7.68. The van der Waals surface area contributed by atoms with Crippen LogP contribution in [0.25, 0.3) is 0 Å². The third kappa shape index (κ3) is 4.25. The van der Waals surface area contributed by atoms with Gasteiger partial charge in [0.25, 0.3) is 0 Å². The normalized spacial score (nSPS) is 10.5. The van der Waals surface area contributed by atoms with Crippen molar-refractivity contribution in [3.05, 3.63) is 47.5 Å². The standard InChI is InChI=1S/C19H22O4/c1-5-14-7-6-8-16(9-14)23-18-11-15(12-20)10-17(21-4)19(18)22-13(2)3/h6-13H,5H2,1-4H3. The Labute approximate surface area is 137 Å². The van der Waals surface area contributed by atoms with Gasteiger partial charge in [-0.25, -0.2) is 0 Å². The van der Waals surface area contributed by atoms with Gasteiger partial charge in [-0.3, -0.25) is 4.79 Å².